The van der Waals surface area contributed by atoms with Crippen LogP contribution in [-0.2, 0) is 9.53 Å². The summed E-state index contributed by atoms with van der Waals surface area (Å²) in [6.07, 6.45) is 4.47. The van der Waals surface area contributed by atoms with Crippen LogP contribution in [0.15, 0.2) is 36.5 Å². The van der Waals surface area contributed by atoms with E-state index in [1.165, 1.54) is 7.11 Å². The first-order valence-corrected chi connectivity index (χ1v) is 8.37. The lowest BCUT2D eigenvalue weighted by atomic mass is 9.81. The first kappa shape index (κ1) is 15.1. The zero-order chi connectivity index (χ0) is 16.7. The number of amides is 1. The highest BCUT2D eigenvalue weighted by Crippen LogP contribution is 2.49. The van der Waals surface area contributed by atoms with Gasteiger partial charge in [0.25, 0.3) is 5.91 Å². The number of hydrogen-bond donors (Lipinski definition) is 0. The summed E-state index contributed by atoms with van der Waals surface area (Å²) in [5, 5.41) is 1.85. The molecule has 5 heteroatoms. The van der Waals surface area contributed by atoms with Crippen LogP contribution >= 0.6 is 0 Å². The summed E-state index contributed by atoms with van der Waals surface area (Å²) in [5.74, 6) is -0.0699. The molecule has 1 aliphatic carbocycles. The van der Waals surface area contributed by atoms with Gasteiger partial charge in [0.2, 0.25) is 0 Å². The Balaban J connectivity index is 1.68. The van der Waals surface area contributed by atoms with Crippen LogP contribution in [0, 0.1) is 11.3 Å². The van der Waals surface area contributed by atoms with Crippen molar-refractivity contribution >= 4 is 22.6 Å². The number of benzene rings is 1. The van der Waals surface area contributed by atoms with E-state index in [0.29, 0.717) is 18.8 Å². The van der Waals surface area contributed by atoms with Crippen molar-refractivity contribution in [3.05, 3.63) is 42.2 Å². The van der Waals surface area contributed by atoms with Gasteiger partial charge in [0, 0.05) is 24.7 Å². The predicted octanol–water partition coefficient (Wildman–Crippen LogP) is 2.65. The van der Waals surface area contributed by atoms with E-state index in [1.54, 1.807) is 11.1 Å². The van der Waals surface area contributed by atoms with Crippen molar-refractivity contribution in [3.8, 4) is 0 Å². The van der Waals surface area contributed by atoms with Crippen LogP contribution in [0.3, 0.4) is 0 Å². The van der Waals surface area contributed by atoms with E-state index in [2.05, 4.69) is 4.98 Å². The van der Waals surface area contributed by atoms with E-state index in [9.17, 15) is 9.59 Å². The minimum atomic E-state index is -0.519. The Hall–Kier alpha value is -2.43. The lowest BCUT2D eigenvalue weighted by molar-refractivity contribution is -0.153. The fourth-order valence-electron chi connectivity index (χ4n) is 4.42. The molecule has 1 saturated carbocycles. The number of likely N-dealkylation sites (tertiary alicyclic amines) is 1. The molecule has 0 unspecified atom stereocenters. The van der Waals surface area contributed by atoms with Crippen LogP contribution in [0.2, 0.25) is 0 Å². The van der Waals surface area contributed by atoms with Gasteiger partial charge in [0.1, 0.15) is 5.69 Å². The number of aromatic nitrogens is 1. The van der Waals surface area contributed by atoms with E-state index in [0.717, 1.165) is 30.0 Å². The monoisotopic (exact) mass is 324 g/mol. The Kier molecular flexibility index (Phi) is 3.52. The highest BCUT2D eigenvalue weighted by Gasteiger charge is 2.56. The molecule has 1 aromatic carbocycles. The molecule has 1 aliphatic heterocycles. The molecule has 24 heavy (non-hydrogen) atoms. The number of rotatable bonds is 2. The van der Waals surface area contributed by atoms with E-state index < -0.39 is 5.41 Å². The number of fused-ring (bicyclic) bond motifs is 2. The van der Waals surface area contributed by atoms with E-state index in [1.807, 2.05) is 30.3 Å². The summed E-state index contributed by atoms with van der Waals surface area (Å²) in [6, 6.07) is 9.66. The maximum absolute atomic E-state index is 13.1. The van der Waals surface area contributed by atoms with Crippen molar-refractivity contribution in [2.45, 2.75) is 19.3 Å². The van der Waals surface area contributed by atoms with E-state index in [-0.39, 0.29) is 17.8 Å². The van der Waals surface area contributed by atoms with Crippen molar-refractivity contribution in [3.63, 3.8) is 0 Å². The number of carbonyl (C=O) groups excluding carboxylic acids is 2. The number of ether oxygens (including phenoxy) is 1. The summed E-state index contributed by atoms with van der Waals surface area (Å²) in [4.78, 5) is 31.5. The second-order valence-electron chi connectivity index (χ2n) is 6.80. The van der Waals surface area contributed by atoms with E-state index in [4.69, 9.17) is 4.74 Å². The molecule has 1 amide bonds. The maximum Gasteiger partial charge on any atom is 0.313 e. The van der Waals surface area contributed by atoms with Crippen LogP contribution in [0.25, 0.3) is 10.8 Å². The van der Waals surface area contributed by atoms with Crippen LogP contribution in [0.4, 0.5) is 0 Å². The second-order valence-corrected chi connectivity index (χ2v) is 6.80. The normalized spacial score (nSPS) is 25.7. The number of esters is 1. The molecule has 1 saturated heterocycles. The van der Waals surface area contributed by atoms with Gasteiger partial charge >= 0.3 is 5.97 Å². The van der Waals surface area contributed by atoms with Crippen LogP contribution in [0.5, 0.6) is 0 Å². The molecule has 2 aromatic rings. The van der Waals surface area contributed by atoms with Crippen molar-refractivity contribution in [1.82, 2.24) is 9.88 Å². The molecular formula is C19H20N2O3. The molecule has 2 fully saturated rings. The van der Waals surface area contributed by atoms with Gasteiger partial charge in [-0.15, -0.1) is 0 Å². The molecule has 4 rings (SSSR count). The van der Waals surface area contributed by atoms with Crippen molar-refractivity contribution < 1.29 is 14.3 Å². The predicted molar refractivity (Wildman–Crippen MR) is 89.4 cm³/mol. The molecule has 2 heterocycles. The van der Waals surface area contributed by atoms with Crippen LogP contribution in [-0.4, -0.2) is 42.0 Å². The lowest BCUT2D eigenvalue weighted by Gasteiger charge is -2.25. The number of methoxy groups -OCH3 is 1. The minimum absolute atomic E-state index is 0.0931. The molecular weight excluding hydrogens is 304 g/mol. The fraction of sp³-hybridized carbons (Fsp3) is 0.421. The molecule has 0 radical (unpaired) electrons. The summed E-state index contributed by atoms with van der Waals surface area (Å²) < 4.78 is 5.05. The Morgan fingerprint density at radius 1 is 1.29 bits per heavy atom. The first-order chi connectivity index (χ1) is 11.7. The third-order valence-electron chi connectivity index (χ3n) is 5.63. The van der Waals surface area contributed by atoms with Gasteiger partial charge in [-0.1, -0.05) is 30.7 Å². The Labute approximate surface area is 140 Å². The van der Waals surface area contributed by atoms with Gasteiger partial charge in [-0.3, -0.25) is 14.6 Å². The fourth-order valence-corrected chi connectivity index (χ4v) is 4.42. The standard InChI is InChI=1S/C19H20N2O3/c1-24-18(23)19-9-4-6-14(19)11-21(12-19)17(22)16-15-7-3-2-5-13(15)8-10-20-16/h2-3,5,7-8,10,14H,4,6,9,11-12H2,1H3/t14-,19+/m1/s1. The number of nitrogens with zero attached hydrogens (tertiary/aromatic N) is 2. The molecule has 2 aliphatic rings. The maximum atomic E-state index is 13.1. The SMILES string of the molecule is COC(=O)[C@]12CCC[C@@H]1CN(C(=O)c1nccc3ccccc13)C2. The Bertz CT molecular complexity index is 814. The smallest absolute Gasteiger partial charge is 0.313 e. The van der Waals surface area contributed by atoms with Gasteiger partial charge < -0.3 is 9.64 Å². The highest BCUT2D eigenvalue weighted by atomic mass is 16.5. The minimum Gasteiger partial charge on any atom is -0.469 e. The summed E-state index contributed by atoms with van der Waals surface area (Å²) in [7, 11) is 1.43. The van der Waals surface area contributed by atoms with Gasteiger partial charge in [-0.05, 0) is 30.2 Å². The van der Waals surface area contributed by atoms with Crippen molar-refractivity contribution in [2.24, 2.45) is 11.3 Å². The largest absolute Gasteiger partial charge is 0.469 e. The average molecular weight is 324 g/mol. The average Bonchev–Trinajstić information content (AvgIpc) is 3.18. The Morgan fingerprint density at radius 3 is 2.96 bits per heavy atom. The number of hydrogen-bond acceptors (Lipinski definition) is 4. The van der Waals surface area contributed by atoms with Gasteiger partial charge in [-0.2, -0.15) is 0 Å². The topological polar surface area (TPSA) is 59.5 Å². The number of pyridine rings is 1. The van der Waals surface area contributed by atoms with Crippen LogP contribution in [0.1, 0.15) is 29.8 Å². The molecule has 5 nitrogen and oxygen atoms in total. The molecule has 124 valence electrons. The zero-order valence-electron chi connectivity index (χ0n) is 13.7. The van der Waals surface area contributed by atoms with Crippen molar-refractivity contribution in [1.29, 1.82) is 0 Å². The third-order valence-corrected chi connectivity index (χ3v) is 5.63. The van der Waals surface area contributed by atoms with Gasteiger partial charge in [0.15, 0.2) is 0 Å². The molecule has 1 aromatic heterocycles. The summed E-state index contributed by atoms with van der Waals surface area (Å²) >= 11 is 0. The second kappa shape index (κ2) is 5.58. The molecule has 0 N–H and O–H groups in total. The first-order valence-electron chi connectivity index (χ1n) is 8.37. The zero-order valence-corrected chi connectivity index (χ0v) is 13.7. The summed E-state index contributed by atoms with van der Waals surface area (Å²) in [5.41, 5.74) is -0.0530. The lowest BCUT2D eigenvalue weighted by Crippen LogP contribution is -2.38. The van der Waals surface area contributed by atoms with Gasteiger partial charge in [-0.25, -0.2) is 0 Å². The highest BCUT2D eigenvalue weighted by molar-refractivity contribution is 6.05. The Morgan fingerprint density at radius 2 is 2.12 bits per heavy atom. The van der Waals surface area contributed by atoms with Crippen molar-refractivity contribution in [2.75, 3.05) is 20.2 Å². The van der Waals surface area contributed by atoms with Gasteiger partial charge in [0.05, 0.1) is 12.5 Å². The number of carbonyl (C=O) groups is 2. The quantitative estimate of drug-likeness (QED) is 0.797. The summed E-state index contributed by atoms with van der Waals surface area (Å²) in [6.45, 7) is 1.05. The van der Waals surface area contributed by atoms with Crippen LogP contribution < -0.4 is 0 Å². The molecule has 2 atom stereocenters. The molecule has 0 spiro atoms. The van der Waals surface area contributed by atoms with E-state index >= 15 is 0 Å². The molecule has 0 bridgehead atoms. The third kappa shape index (κ3) is 2.11.